The van der Waals surface area contributed by atoms with E-state index in [1.165, 1.54) is 0 Å². The Bertz CT molecular complexity index is 442. The van der Waals surface area contributed by atoms with Crippen LogP contribution in [0.4, 0.5) is 0 Å². The van der Waals surface area contributed by atoms with Crippen LogP contribution in [0.3, 0.4) is 0 Å². The molecule has 0 saturated heterocycles. The van der Waals surface area contributed by atoms with Gasteiger partial charge in [0.15, 0.2) is 0 Å². The van der Waals surface area contributed by atoms with E-state index in [1.54, 1.807) is 0 Å². The molecule has 4 nitrogen and oxygen atoms in total. The Balaban J connectivity index is 2.52. The highest BCUT2D eigenvalue weighted by Crippen LogP contribution is 2.26. The lowest BCUT2D eigenvalue weighted by molar-refractivity contribution is -0.143. The molecule has 0 N–H and O–H groups in total. The summed E-state index contributed by atoms with van der Waals surface area (Å²) < 4.78 is 10.6. The van der Waals surface area contributed by atoms with Crippen LogP contribution >= 0.6 is 0 Å². The topological polar surface area (TPSA) is 52.6 Å². The second-order valence-corrected chi connectivity index (χ2v) is 5.86. The van der Waals surface area contributed by atoms with Gasteiger partial charge < -0.3 is 9.47 Å². The van der Waals surface area contributed by atoms with Crippen LogP contribution in [0.25, 0.3) is 0 Å². The predicted octanol–water partition coefficient (Wildman–Crippen LogP) is 4.66. The SMILES string of the molecule is C/C=C/CCCOC(=O)C1=C(C(=O)OCCC/C=C/C)CCCC1. The van der Waals surface area contributed by atoms with Crippen LogP contribution in [0.15, 0.2) is 35.5 Å². The fourth-order valence-corrected chi connectivity index (χ4v) is 2.60. The van der Waals surface area contributed by atoms with E-state index in [2.05, 4.69) is 0 Å². The maximum Gasteiger partial charge on any atom is 0.334 e. The first-order valence-corrected chi connectivity index (χ1v) is 8.99. The Kier molecular flexibility index (Phi) is 10.6. The third-order valence-corrected chi connectivity index (χ3v) is 3.93. The van der Waals surface area contributed by atoms with E-state index >= 15 is 0 Å². The van der Waals surface area contributed by atoms with E-state index < -0.39 is 0 Å². The Hall–Kier alpha value is -1.84. The lowest BCUT2D eigenvalue weighted by atomic mass is 9.92. The number of ether oxygens (including phenoxy) is 2. The molecule has 0 aromatic rings. The second kappa shape index (κ2) is 12.6. The molecule has 0 saturated carbocycles. The summed E-state index contributed by atoms with van der Waals surface area (Å²) in [6.45, 7) is 4.71. The van der Waals surface area contributed by atoms with Gasteiger partial charge in [-0.3, -0.25) is 0 Å². The van der Waals surface area contributed by atoms with Crippen LogP contribution in [0, 0.1) is 0 Å². The van der Waals surface area contributed by atoms with Crippen molar-refractivity contribution < 1.29 is 19.1 Å². The number of carbonyl (C=O) groups is 2. The summed E-state index contributed by atoms with van der Waals surface area (Å²) in [7, 11) is 0. The summed E-state index contributed by atoms with van der Waals surface area (Å²) in [5.74, 6) is -0.702. The standard InChI is InChI=1S/C20H30O4/c1-3-5-7-11-15-23-19(21)17-13-9-10-14-18(17)20(22)24-16-12-8-6-4-2/h3-6H,7-16H2,1-2H3/b5-3+,6-4+. The summed E-state index contributed by atoms with van der Waals surface area (Å²) in [5.41, 5.74) is 1.04. The highest BCUT2D eigenvalue weighted by atomic mass is 16.5. The van der Waals surface area contributed by atoms with Crippen molar-refractivity contribution in [2.75, 3.05) is 13.2 Å². The van der Waals surface area contributed by atoms with Gasteiger partial charge in [-0.15, -0.1) is 0 Å². The Morgan fingerprint density at radius 1 is 0.833 bits per heavy atom. The van der Waals surface area contributed by atoms with Gasteiger partial charge in [-0.2, -0.15) is 0 Å². The van der Waals surface area contributed by atoms with Crippen molar-refractivity contribution in [2.24, 2.45) is 0 Å². The summed E-state index contributed by atoms with van der Waals surface area (Å²) in [6, 6.07) is 0. The highest BCUT2D eigenvalue weighted by Gasteiger charge is 2.25. The quantitative estimate of drug-likeness (QED) is 0.331. The molecule has 0 radical (unpaired) electrons. The minimum atomic E-state index is -0.351. The summed E-state index contributed by atoms with van der Waals surface area (Å²) >= 11 is 0. The lowest BCUT2D eigenvalue weighted by Gasteiger charge is -2.18. The molecule has 0 aromatic heterocycles. The average molecular weight is 334 g/mol. The molecule has 1 aliphatic rings. The van der Waals surface area contributed by atoms with Gasteiger partial charge in [-0.1, -0.05) is 24.3 Å². The second-order valence-electron chi connectivity index (χ2n) is 5.86. The minimum Gasteiger partial charge on any atom is -0.462 e. The molecule has 0 spiro atoms. The number of esters is 2. The molecule has 0 heterocycles. The molecule has 0 amide bonds. The molecular weight excluding hydrogens is 304 g/mol. The van der Waals surface area contributed by atoms with E-state index in [1.807, 2.05) is 38.2 Å². The van der Waals surface area contributed by atoms with Crippen molar-refractivity contribution in [1.29, 1.82) is 0 Å². The number of hydrogen-bond acceptors (Lipinski definition) is 4. The molecule has 0 fully saturated rings. The number of rotatable bonds is 10. The number of carbonyl (C=O) groups excluding carboxylic acids is 2. The van der Waals surface area contributed by atoms with Crippen molar-refractivity contribution >= 4 is 11.9 Å². The van der Waals surface area contributed by atoms with Crippen molar-refractivity contribution in [3.05, 3.63) is 35.5 Å². The molecule has 1 rings (SSSR count). The Morgan fingerprint density at radius 3 is 1.62 bits per heavy atom. The summed E-state index contributed by atoms with van der Waals surface area (Å²) in [6.07, 6.45) is 14.5. The zero-order valence-electron chi connectivity index (χ0n) is 15.0. The smallest absolute Gasteiger partial charge is 0.334 e. The van der Waals surface area contributed by atoms with Gasteiger partial charge in [0.1, 0.15) is 0 Å². The first-order chi connectivity index (χ1) is 11.7. The molecule has 0 unspecified atom stereocenters. The molecule has 0 atom stereocenters. The minimum absolute atomic E-state index is 0.351. The number of hydrogen-bond donors (Lipinski definition) is 0. The fraction of sp³-hybridized carbons (Fsp3) is 0.600. The average Bonchev–Trinajstić information content (AvgIpc) is 2.61. The Labute approximate surface area is 145 Å². The normalized spacial score (nSPS) is 15.2. The zero-order chi connectivity index (χ0) is 17.6. The van der Waals surface area contributed by atoms with Gasteiger partial charge in [0.05, 0.1) is 13.2 Å². The van der Waals surface area contributed by atoms with E-state index in [9.17, 15) is 9.59 Å². The van der Waals surface area contributed by atoms with Crippen LogP contribution in [-0.2, 0) is 19.1 Å². The van der Waals surface area contributed by atoms with E-state index in [-0.39, 0.29) is 11.9 Å². The lowest BCUT2D eigenvalue weighted by Crippen LogP contribution is -2.20. The first kappa shape index (κ1) is 20.2. The molecule has 24 heavy (non-hydrogen) atoms. The molecule has 0 bridgehead atoms. The zero-order valence-corrected chi connectivity index (χ0v) is 15.0. The first-order valence-electron chi connectivity index (χ1n) is 8.99. The van der Waals surface area contributed by atoms with Crippen molar-refractivity contribution in [3.63, 3.8) is 0 Å². The van der Waals surface area contributed by atoms with Gasteiger partial charge in [-0.25, -0.2) is 9.59 Å². The number of allylic oxidation sites excluding steroid dienone is 4. The summed E-state index contributed by atoms with van der Waals surface area (Å²) in [5, 5.41) is 0. The fourth-order valence-electron chi connectivity index (χ4n) is 2.60. The van der Waals surface area contributed by atoms with Gasteiger partial charge in [0, 0.05) is 11.1 Å². The predicted molar refractivity (Wildman–Crippen MR) is 95.5 cm³/mol. The molecule has 4 heteroatoms. The van der Waals surface area contributed by atoms with E-state index in [0.29, 0.717) is 37.2 Å². The Morgan fingerprint density at radius 2 is 1.25 bits per heavy atom. The highest BCUT2D eigenvalue weighted by molar-refractivity contribution is 6.00. The van der Waals surface area contributed by atoms with Gasteiger partial charge in [-0.05, 0) is 65.2 Å². The monoisotopic (exact) mass is 334 g/mol. The largest absolute Gasteiger partial charge is 0.462 e. The van der Waals surface area contributed by atoms with Gasteiger partial charge >= 0.3 is 11.9 Å². The van der Waals surface area contributed by atoms with Crippen LogP contribution < -0.4 is 0 Å². The van der Waals surface area contributed by atoms with Gasteiger partial charge in [0.25, 0.3) is 0 Å². The summed E-state index contributed by atoms with van der Waals surface area (Å²) in [4.78, 5) is 24.5. The third-order valence-electron chi connectivity index (χ3n) is 3.93. The van der Waals surface area contributed by atoms with E-state index in [4.69, 9.17) is 9.47 Å². The van der Waals surface area contributed by atoms with Gasteiger partial charge in [0.2, 0.25) is 0 Å². The van der Waals surface area contributed by atoms with Crippen LogP contribution in [0.2, 0.25) is 0 Å². The van der Waals surface area contributed by atoms with Crippen LogP contribution in [0.1, 0.15) is 65.2 Å². The van der Waals surface area contributed by atoms with Crippen molar-refractivity contribution in [1.82, 2.24) is 0 Å². The molecule has 134 valence electrons. The van der Waals surface area contributed by atoms with Crippen molar-refractivity contribution in [3.8, 4) is 0 Å². The third kappa shape index (κ3) is 7.62. The van der Waals surface area contributed by atoms with E-state index in [0.717, 1.165) is 38.5 Å². The molecular formula is C20H30O4. The number of unbranched alkanes of at least 4 members (excludes halogenated alkanes) is 2. The van der Waals surface area contributed by atoms with Crippen LogP contribution in [0.5, 0.6) is 0 Å². The maximum absolute atomic E-state index is 12.2. The van der Waals surface area contributed by atoms with Crippen molar-refractivity contribution in [2.45, 2.75) is 65.2 Å². The maximum atomic E-state index is 12.2. The van der Waals surface area contributed by atoms with Crippen LogP contribution in [-0.4, -0.2) is 25.2 Å². The molecule has 0 aliphatic heterocycles. The molecule has 1 aliphatic carbocycles. The molecule has 0 aromatic carbocycles.